The van der Waals surface area contributed by atoms with E-state index in [4.69, 9.17) is 9.47 Å². The number of nitrogens with one attached hydrogen (secondary N) is 2. The Labute approximate surface area is 152 Å². The summed E-state index contributed by atoms with van der Waals surface area (Å²) in [5.41, 5.74) is 0.913. The summed E-state index contributed by atoms with van der Waals surface area (Å²) in [5, 5.41) is 6.18. The van der Waals surface area contributed by atoms with Crippen LogP contribution in [0, 0.1) is 11.6 Å². The van der Waals surface area contributed by atoms with E-state index in [-0.39, 0.29) is 12.1 Å². The van der Waals surface area contributed by atoms with Gasteiger partial charge >= 0.3 is 0 Å². The lowest BCUT2D eigenvalue weighted by atomic mass is 10.2. The third kappa shape index (κ3) is 5.34. The molecule has 2 aromatic rings. The highest BCUT2D eigenvalue weighted by atomic mass is 19.1. The van der Waals surface area contributed by atoms with Crippen molar-refractivity contribution in [1.29, 1.82) is 0 Å². The summed E-state index contributed by atoms with van der Waals surface area (Å²) < 4.78 is 37.8. The van der Waals surface area contributed by atoms with Crippen LogP contribution < -0.4 is 20.1 Å². The summed E-state index contributed by atoms with van der Waals surface area (Å²) in [6, 6.07) is 8.71. The Morgan fingerprint density at radius 3 is 2.58 bits per heavy atom. The van der Waals surface area contributed by atoms with Gasteiger partial charge in [-0.3, -0.25) is 0 Å². The molecule has 2 rings (SSSR count). The molecule has 0 bridgehead atoms. The average molecular weight is 363 g/mol. The van der Waals surface area contributed by atoms with Gasteiger partial charge in [0.1, 0.15) is 11.6 Å². The van der Waals surface area contributed by atoms with Crippen LogP contribution in [-0.4, -0.2) is 26.2 Å². The van der Waals surface area contributed by atoms with E-state index >= 15 is 0 Å². The number of hydrogen-bond donors (Lipinski definition) is 2. The maximum atomic E-state index is 13.7. The predicted octanol–water partition coefficient (Wildman–Crippen LogP) is 3.95. The number of guanidine groups is 1. The number of nitrogens with zero attached hydrogens (tertiary/aromatic N) is 1. The molecule has 26 heavy (non-hydrogen) atoms. The molecule has 0 atom stereocenters. The van der Waals surface area contributed by atoms with Gasteiger partial charge in [-0.1, -0.05) is 0 Å². The zero-order valence-electron chi connectivity index (χ0n) is 15.1. The van der Waals surface area contributed by atoms with Crippen molar-refractivity contribution in [3.63, 3.8) is 0 Å². The number of hydrogen-bond acceptors (Lipinski definition) is 3. The quantitative estimate of drug-likeness (QED) is 0.578. The Kier molecular flexibility index (Phi) is 7.20. The van der Waals surface area contributed by atoms with E-state index < -0.39 is 11.6 Å². The number of benzene rings is 2. The SMILES string of the molecule is CCNC(=NCc1cc(F)ccc1F)Nc1ccc(OCC)c(OC)c1. The molecule has 140 valence electrons. The molecule has 7 heteroatoms. The molecule has 0 spiro atoms. The van der Waals surface area contributed by atoms with E-state index in [0.717, 1.165) is 23.9 Å². The molecule has 0 aliphatic heterocycles. The van der Waals surface area contributed by atoms with Crippen LogP contribution in [0.5, 0.6) is 11.5 Å². The van der Waals surface area contributed by atoms with E-state index in [2.05, 4.69) is 15.6 Å². The van der Waals surface area contributed by atoms with Crippen molar-refractivity contribution >= 4 is 11.6 Å². The standard InChI is InChI=1S/C19H23F2N3O2/c1-4-22-19(23-12-13-10-14(20)6-8-16(13)21)24-15-7-9-17(26-5-2)18(11-15)25-3/h6-11H,4-5,12H2,1-3H3,(H2,22,23,24). The zero-order chi connectivity index (χ0) is 18.9. The lowest BCUT2D eigenvalue weighted by Gasteiger charge is -2.14. The van der Waals surface area contributed by atoms with Gasteiger partial charge in [-0.15, -0.1) is 0 Å². The highest BCUT2D eigenvalue weighted by molar-refractivity contribution is 5.93. The zero-order valence-corrected chi connectivity index (χ0v) is 15.1. The first-order valence-corrected chi connectivity index (χ1v) is 8.37. The van der Waals surface area contributed by atoms with Gasteiger partial charge in [0, 0.05) is 23.9 Å². The van der Waals surface area contributed by atoms with Crippen molar-refractivity contribution in [2.75, 3.05) is 25.6 Å². The van der Waals surface area contributed by atoms with Crippen LogP contribution >= 0.6 is 0 Å². The number of halogens is 2. The van der Waals surface area contributed by atoms with Crippen LogP contribution in [0.4, 0.5) is 14.5 Å². The fraction of sp³-hybridized carbons (Fsp3) is 0.316. The maximum Gasteiger partial charge on any atom is 0.196 e. The van der Waals surface area contributed by atoms with E-state index in [0.29, 0.717) is 30.6 Å². The Morgan fingerprint density at radius 2 is 1.88 bits per heavy atom. The molecule has 0 aliphatic rings. The van der Waals surface area contributed by atoms with Gasteiger partial charge in [0.15, 0.2) is 17.5 Å². The van der Waals surface area contributed by atoms with Crippen molar-refractivity contribution in [3.05, 3.63) is 53.6 Å². The van der Waals surface area contributed by atoms with Crippen molar-refractivity contribution in [2.45, 2.75) is 20.4 Å². The number of methoxy groups -OCH3 is 1. The minimum atomic E-state index is -0.495. The molecule has 2 aromatic carbocycles. The van der Waals surface area contributed by atoms with Gasteiger partial charge in [-0.25, -0.2) is 13.8 Å². The van der Waals surface area contributed by atoms with Gasteiger partial charge in [-0.05, 0) is 44.2 Å². The Morgan fingerprint density at radius 1 is 1.08 bits per heavy atom. The molecule has 0 radical (unpaired) electrons. The van der Waals surface area contributed by atoms with Gasteiger partial charge in [0.25, 0.3) is 0 Å². The second-order valence-electron chi connectivity index (χ2n) is 5.35. The van der Waals surface area contributed by atoms with Crippen LogP contribution in [0.15, 0.2) is 41.4 Å². The number of anilines is 1. The summed E-state index contributed by atoms with van der Waals surface area (Å²) in [4.78, 5) is 4.31. The molecule has 5 nitrogen and oxygen atoms in total. The molecular formula is C19H23F2N3O2. The number of rotatable bonds is 7. The van der Waals surface area contributed by atoms with E-state index in [9.17, 15) is 8.78 Å². The lowest BCUT2D eigenvalue weighted by Crippen LogP contribution is -2.30. The van der Waals surface area contributed by atoms with Crippen molar-refractivity contribution in [3.8, 4) is 11.5 Å². The number of aliphatic imine (C=N–C) groups is 1. The Hall–Kier alpha value is -2.83. The van der Waals surface area contributed by atoms with Gasteiger partial charge in [0.05, 0.1) is 20.3 Å². The van der Waals surface area contributed by atoms with Crippen molar-refractivity contribution < 1.29 is 18.3 Å². The molecule has 0 aromatic heterocycles. The maximum absolute atomic E-state index is 13.7. The second-order valence-corrected chi connectivity index (χ2v) is 5.35. The topological polar surface area (TPSA) is 54.9 Å². The molecule has 0 aliphatic carbocycles. The Bertz CT molecular complexity index is 766. The van der Waals surface area contributed by atoms with Crippen LogP contribution in [0.25, 0.3) is 0 Å². The summed E-state index contributed by atoms with van der Waals surface area (Å²) in [7, 11) is 1.56. The van der Waals surface area contributed by atoms with Crippen LogP contribution in [0.1, 0.15) is 19.4 Å². The first-order valence-electron chi connectivity index (χ1n) is 8.37. The van der Waals surface area contributed by atoms with Crippen LogP contribution in [0.3, 0.4) is 0 Å². The van der Waals surface area contributed by atoms with Crippen molar-refractivity contribution in [2.24, 2.45) is 4.99 Å². The highest BCUT2D eigenvalue weighted by Gasteiger charge is 2.08. The summed E-state index contributed by atoms with van der Waals surface area (Å²) in [5.74, 6) is 0.690. The average Bonchev–Trinajstić information content (AvgIpc) is 2.63. The predicted molar refractivity (Wildman–Crippen MR) is 99.0 cm³/mol. The third-order valence-electron chi connectivity index (χ3n) is 3.49. The van der Waals surface area contributed by atoms with Gasteiger partial charge in [-0.2, -0.15) is 0 Å². The van der Waals surface area contributed by atoms with E-state index in [1.54, 1.807) is 19.2 Å². The second kappa shape index (κ2) is 9.60. The summed E-state index contributed by atoms with van der Waals surface area (Å²) >= 11 is 0. The molecule has 2 N–H and O–H groups in total. The fourth-order valence-electron chi connectivity index (χ4n) is 2.29. The first kappa shape index (κ1) is 19.5. The van der Waals surface area contributed by atoms with Gasteiger partial charge in [0.2, 0.25) is 0 Å². The molecule has 0 saturated carbocycles. The van der Waals surface area contributed by atoms with E-state index in [1.165, 1.54) is 0 Å². The largest absolute Gasteiger partial charge is 0.493 e. The molecule has 0 fully saturated rings. The minimum absolute atomic E-state index is 0.00703. The third-order valence-corrected chi connectivity index (χ3v) is 3.49. The lowest BCUT2D eigenvalue weighted by molar-refractivity contribution is 0.311. The molecule has 0 unspecified atom stereocenters. The molecule has 0 heterocycles. The fourth-order valence-corrected chi connectivity index (χ4v) is 2.29. The van der Waals surface area contributed by atoms with E-state index in [1.807, 2.05) is 19.9 Å². The highest BCUT2D eigenvalue weighted by Crippen LogP contribution is 2.30. The molecular weight excluding hydrogens is 340 g/mol. The summed E-state index contributed by atoms with van der Waals surface area (Å²) in [6.45, 7) is 4.97. The number of ether oxygens (including phenoxy) is 2. The molecule has 0 saturated heterocycles. The van der Waals surface area contributed by atoms with Gasteiger partial charge < -0.3 is 20.1 Å². The van der Waals surface area contributed by atoms with Crippen molar-refractivity contribution in [1.82, 2.24) is 5.32 Å². The summed E-state index contributed by atoms with van der Waals surface area (Å²) in [6.07, 6.45) is 0. The normalized spacial score (nSPS) is 11.2. The minimum Gasteiger partial charge on any atom is -0.493 e. The Balaban J connectivity index is 2.18. The molecule has 0 amide bonds. The van der Waals surface area contributed by atoms with Crippen LogP contribution in [-0.2, 0) is 6.54 Å². The van der Waals surface area contributed by atoms with Crippen LogP contribution in [0.2, 0.25) is 0 Å². The first-order chi connectivity index (χ1) is 12.6. The smallest absolute Gasteiger partial charge is 0.196 e. The monoisotopic (exact) mass is 363 g/mol.